The molecule has 0 aliphatic carbocycles. The molecule has 1 N–H and O–H groups in total. The highest BCUT2D eigenvalue weighted by Gasteiger charge is 1.90. The summed E-state index contributed by atoms with van der Waals surface area (Å²) in [6.45, 7) is 4.04. The third-order valence-electron chi connectivity index (χ3n) is 2.22. The number of rotatable bonds is 7. The molecule has 14 heavy (non-hydrogen) atoms. The van der Waals surface area contributed by atoms with Crippen molar-refractivity contribution in [3.05, 3.63) is 0 Å². The maximum absolute atomic E-state index is 8.98. The predicted molar refractivity (Wildman–Crippen MR) is 62.1 cm³/mol. The van der Waals surface area contributed by atoms with Crippen LogP contribution in [0.1, 0.15) is 65.2 Å². The van der Waals surface area contributed by atoms with E-state index in [1.54, 1.807) is 0 Å². The van der Waals surface area contributed by atoms with Gasteiger partial charge in [0.1, 0.15) is 0 Å². The average Bonchev–Trinajstić information content (AvgIpc) is 2.15. The molecule has 0 rings (SSSR count). The van der Waals surface area contributed by atoms with Crippen molar-refractivity contribution in [1.29, 1.82) is 0 Å². The third-order valence-corrected chi connectivity index (χ3v) is 2.22. The number of hydrogen-bond donors (Lipinski definition) is 1. The van der Waals surface area contributed by atoms with Crippen molar-refractivity contribution in [2.75, 3.05) is 0 Å². The maximum Gasteiger partial charge on any atom is 0.0521 e. The zero-order valence-electron chi connectivity index (χ0n) is 9.68. The van der Waals surface area contributed by atoms with E-state index in [2.05, 4.69) is 18.8 Å². The molecule has 1 nitrogen and oxygen atoms in total. The Bertz CT molecular complexity index is 162. The Morgan fingerprint density at radius 1 is 1.00 bits per heavy atom. The van der Waals surface area contributed by atoms with Gasteiger partial charge in [-0.05, 0) is 19.8 Å². The van der Waals surface area contributed by atoms with Crippen LogP contribution >= 0.6 is 0 Å². The lowest BCUT2D eigenvalue weighted by Crippen LogP contribution is -1.96. The highest BCUT2D eigenvalue weighted by Crippen LogP contribution is 2.04. The molecule has 1 unspecified atom stereocenters. The van der Waals surface area contributed by atoms with Gasteiger partial charge in [0.15, 0.2) is 0 Å². The van der Waals surface area contributed by atoms with Gasteiger partial charge < -0.3 is 5.11 Å². The van der Waals surface area contributed by atoms with E-state index in [0.29, 0.717) is 0 Å². The molecule has 1 heteroatoms. The van der Waals surface area contributed by atoms with Crippen molar-refractivity contribution in [2.45, 2.75) is 71.3 Å². The fourth-order valence-corrected chi connectivity index (χ4v) is 1.27. The first-order valence-corrected chi connectivity index (χ1v) is 5.91. The van der Waals surface area contributed by atoms with Gasteiger partial charge in [-0.2, -0.15) is 0 Å². The fraction of sp³-hybridized carbons (Fsp3) is 0.846. The molecule has 0 radical (unpaired) electrons. The van der Waals surface area contributed by atoms with Crippen LogP contribution in [0.4, 0.5) is 0 Å². The summed E-state index contributed by atoms with van der Waals surface area (Å²) in [5.41, 5.74) is 0. The molecule has 0 aromatic carbocycles. The minimum absolute atomic E-state index is 0.200. The molecule has 0 heterocycles. The molecule has 0 aliphatic rings. The highest BCUT2D eigenvalue weighted by atomic mass is 16.3. The van der Waals surface area contributed by atoms with Gasteiger partial charge in [-0.15, -0.1) is 11.8 Å². The predicted octanol–water partition coefficient (Wildman–Crippen LogP) is 3.51. The number of aliphatic hydroxyl groups excluding tert-OH is 1. The third kappa shape index (κ3) is 11.5. The van der Waals surface area contributed by atoms with Crippen molar-refractivity contribution in [3.63, 3.8) is 0 Å². The van der Waals surface area contributed by atoms with Gasteiger partial charge in [0.2, 0.25) is 0 Å². The van der Waals surface area contributed by atoms with Crippen LogP contribution in [0.5, 0.6) is 0 Å². The van der Waals surface area contributed by atoms with E-state index in [1.807, 2.05) is 6.92 Å². The fourth-order valence-electron chi connectivity index (χ4n) is 1.27. The number of unbranched alkanes of at least 4 members (excludes halogenated alkanes) is 5. The topological polar surface area (TPSA) is 20.2 Å². The Balaban J connectivity index is 3.10. The van der Waals surface area contributed by atoms with E-state index in [4.69, 9.17) is 5.11 Å². The Hall–Kier alpha value is -0.480. The van der Waals surface area contributed by atoms with E-state index in [0.717, 1.165) is 19.3 Å². The van der Waals surface area contributed by atoms with Crippen LogP contribution in [-0.2, 0) is 0 Å². The second-order valence-electron chi connectivity index (χ2n) is 3.91. The smallest absolute Gasteiger partial charge is 0.0521 e. The van der Waals surface area contributed by atoms with Crippen molar-refractivity contribution >= 4 is 0 Å². The van der Waals surface area contributed by atoms with Gasteiger partial charge in [-0.3, -0.25) is 0 Å². The van der Waals surface area contributed by atoms with Crippen LogP contribution in [0, 0.1) is 11.8 Å². The quantitative estimate of drug-likeness (QED) is 0.488. The lowest BCUT2D eigenvalue weighted by molar-refractivity contribution is 0.186. The first-order valence-electron chi connectivity index (χ1n) is 5.91. The van der Waals surface area contributed by atoms with Gasteiger partial charge in [-0.25, -0.2) is 0 Å². The normalized spacial score (nSPS) is 11.9. The van der Waals surface area contributed by atoms with Gasteiger partial charge in [-0.1, -0.05) is 32.6 Å². The van der Waals surface area contributed by atoms with Crippen LogP contribution in [-0.4, -0.2) is 11.2 Å². The van der Waals surface area contributed by atoms with Gasteiger partial charge in [0, 0.05) is 12.8 Å². The van der Waals surface area contributed by atoms with Crippen LogP contribution in [0.15, 0.2) is 0 Å². The molecule has 82 valence electrons. The molecule has 0 aromatic rings. The van der Waals surface area contributed by atoms with Gasteiger partial charge in [0.05, 0.1) is 6.10 Å². The van der Waals surface area contributed by atoms with E-state index < -0.39 is 0 Å². The molecular formula is C13H24O. The minimum atomic E-state index is -0.200. The van der Waals surface area contributed by atoms with Crippen LogP contribution < -0.4 is 0 Å². The molecule has 0 fully saturated rings. The van der Waals surface area contributed by atoms with E-state index in [-0.39, 0.29) is 6.10 Å². The first kappa shape index (κ1) is 13.5. The lowest BCUT2D eigenvalue weighted by Gasteiger charge is -1.97. The molecule has 0 bridgehead atoms. The monoisotopic (exact) mass is 196 g/mol. The summed E-state index contributed by atoms with van der Waals surface area (Å²) in [7, 11) is 0. The van der Waals surface area contributed by atoms with Crippen molar-refractivity contribution in [3.8, 4) is 11.8 Å². The van der Waals surface area contributed by atoms with Crippen molar-refractivity contribution in [1.82, 2.24) is 0 Å². The number of aliphatic hydroxyl groups is 1. The molecule has 0 saturated heterocycles. The second kappa shape index (κ2) is 10.6. The summed E-state index contributed by atoms with van der Waals surface area (Å²) < 4.78 is 0. The number of hydrogen-bond acceptors (Lipinski definition) is 1. The summed E-state index contributed by atoms with van der Waals surface area (Å²) in [5, 5.41) is 8.98. The van der Waals surface area contributed by atoms with Gasteiger partial charge >= 0.3 is 0 Å². The second-order valence-corrected chi connectivity index (χ2v) is 3.91. The summed E-state index contributed by atoms with van der Waals surface area (Å²) in [6, 6.07) is 0. The molecule has 0 amide bonds. The highest BCUT2D eigenvalue weighted by molar-refractivity contribution is 4.98. The summed E-state index contributed by atoms with van der Waals surface area (Å²) in [5.74, 6) is 6.25. The maximum atomic E-state index is 8.98. The first-order chi connectivity index (χ1) is 6.77. The molecule has 0 spiro atoms. The zero-order valence-corrected chi connectivity index (χ0v) is 9.68. The van der Waals surface area contributed by atoms with Crippen molar-refractivity contribution < 1.29 is 5.11 Å². The standard InChI is InChI=1S/C13H24O/c1-3-4-5-6-7-8-9-10-11-12-13(2)14/h13-14H,3-8,11-12H2,1-2H3. The SMILES string of the molecule is CCCCCCCC#CCCC(C)O. The Labute approximate surface area is 88.9 Å². The minimum Gasteiger partial charge on any atom is -0.393 e. The zero-order chi connectivity index (χ0) is 10.6. The summed E-state index contributed by atoms with van der Waals surface area (Å²) >= 11 is 0. The van der Waals surface area contributed by atoms with Gasteiger partial charge in [0.25, 0.3) is 0 Å². The van der Waals surface area contributed by atoms with Crippen LogP contribution in [0.2, 0.25) is 0 Å². The summed E-state index contributed by atoms with van der Waals surface area (Å²) in [4.78, 5) is 0. The van der Waals surface area contributed by atoms with E-state index >= 15 is 0 Å². The average molecular weight is 196 g/mol. The molecule has 0 aromatic heterocycles. The Morgan fingerprint density at radius 2 is 1.64 bits per heavy atom. The van der Waals surface area contributed by atoms with Crippen molar-refractivity contribution in [2.24, 2.45) is 0 Å². The largest absolute Gasteiger partial charge is 0.393 e. The molecule has 0 aliphatic heterocycles. The lowest BCUT2D eigenvalue weighted by atomic mass is 10.1. The molecule has 0 saturated carbocycles. The van der Waals surface area contributed by atoms with Crippen LogP contribution in [0.25, 0.3) is 0 Å². The van der Waals surface area contributed by atoms with E-state index in [1.165, 1.54) is 32.1 Å². The molecular weight excluding hydrogens is 172 g/mol. The summed E-state index contributed by atoms with van der Waals surface area (Å²) in [6.07, 6.45) is 9.05. The van der Waals surface area contributed by atoms with E-state index in [9.17, 15) is 0 Å². The Morgan fingerprint density at radius 3 is 2.29 bits per heavy atom. The Kier molecular flexibility index (Phi) is 10.2. The van der Waals surface area contributed by atoms with Crippen LogP contribution in [0.3, 0.4) is 0 Å². The molecule has 1 atom stereocenters.